The van der Waals surface area contributed by atoms with Crippen LogP contribution in [0.15, 0.2) is 52.7 Å². The molecule has 29 heavy (non-hydrogen) atoms. The van der Waals surface area contributed by atoms with Gasteiger partial charge in [-0.15, -0.1) is 11.3 Å². The van der Waals surface area contributed by atoms with E-state index in [-0.39, 0.29) is 10.0 Å². The van der Waals surface area contributed by atoms with Crippen molar-refractivity contribution >= 4 is 44.0 Å². The van der Waals surface area contributed by atoms with Crippen molar-refractivity contribution in [3.05, 3.63) is 64.5 Å². The standard InChI is InChI=1S/C18H14ClF2N3O3S2/c1-24(29(26,27)13-5-3-12(19)4-6-13)9-17(25)23-18-22-16(10-28-18)11-2-7-14(20)15(21)8-11/h2-8,10H,9H2,1H3,(H,22,23,25). The fraction of sp³-hybridized carbons (Fsp3) is 0.111. The fourth-order valence-corrected chi connectivity index (χ4v) is 4.34. The molecule has 0 atom stereocenters. The van der Waals surface area contributed by atoms with E-state index in [4.69, 9.17) is 11.6 Å². The Labute approximate surface area is 174 Å². The number of benzene rings is 2. The van der Waals surface area contributed by atoms with Crippen LogP contribution in [0.5, 0.6) is 0 Å². The molecule has 0 aliphatic rings. The number of hydrogen-bond acceptors (Lipinski definition) is 5. The van der Waals surface area contributed by atoms with Gasteiger partial charge in [-0.3, -0.25) is 4.79 Å². The Morgan fingerprint density at radius 1 is 1.17 bits per heavy atom. The molecule has 1 amide bonds. The molecule has 0 saturated heterocycles. The maximum absolute atomic E-state index is 13.4. The summed E-state index contributed by atoms with van der Waals surface area (Å²) in [5.74, 6) is -2.58. The topological polar surface area (TPSA) is 79.4 Å². The second-order valence-corrected chi connectivity index (χ2v) is 9.27. The van der Waals surface area contributed by atoms with E-state index >= 15 is 0 Å². The van der Waals surface area contributed by atoms with Crippen molar-refractivity contribution in [2.24, 2.45) is 0 Å². The number of thiazole rings is 1. The molecule has 0 bridgehead atoms. The number of amides is 1. The predicted octanol–water partition coefficient (Wildman–Crippen LogP) is 4.00. The molecule has 3 aromatic rings. The first-order valence-electron chi connectivity index (χ1n) is 8.09. The molecule has 1 aromatic heterocycles. The number of carbonyl (C=O) groups is 1. The Bertz CT molecular complexity index is 1150. The molecule has 0 aliphatic carbocycles. The second kappa shape index (κ2) is 8.54. The van der Waals surface area contributed by atoms with E-state index in [1.165, 1.54) is 37.4 Å². The molecule has 0 unspecified atom stereocenters. The Kier molecular flexibility index (Phi) is 6.27. The van der Waals surface area contributed by atoms with Gasteiger partial charge in [-0.25, -0.2) is 22.2 Å². The van der Waals surface area contributed by atoms with Crippen molar-refractivity contribution in [2.75, 3.05) is 18.9 Å². The highest BCUT2D eigenvalue weighted by molar-refractivity contribution is 7.89. The van der Waals surface area contributed by atoms with Gasteiger partial charge in [-0.1, -0.05) is 11.6 Å². The third kappa shape index (κ3) is 4.96. The van der Waals surface area contributed by atoms with Crippen molar-refractivity contribution in [1.82, 2.24) is 9.29 Å². The molecule has 6 nitrogen and oxygen atoms in total. The molecule has 2 aromatic carbocycles. The lowest BCUT2D eigenvalue weighted by atomic mass is 10.2. The van der Waals surface area contributed by atoms with Crippen LogP contribution in [0.2, 0.25) is 5.02 Å². The van der Waals surface area contributed by atoms with Crippen LogP contribution in [-0.2, 0) is 14.8 Å². The van der Waals surface area contributed by atoms with Crippen LogP contribution in [0.4, 0.5) is 13.9 Å². The molecule has 1 N–H and O–H groups in total. The van der Waals surface area contributed by atoms with Crippen molar-refractivity contribution < 1.29 is 22.0 Å². The summed E-state index contributed by atoms with van der Waals surface area (Å²) in [5.41, 5.74) is 0.703. The van der Waals surface area contributed by atoms with Crippen molar-refractivity contribution in [1.29, 1.82) is 0 Å². The average molecular weight is 458 g/mol. The van der Waals surface area contributed by atoms with Gasteiger partial charge in [0.05, 0.1) is 17.1 Å². The van der Waals surface area contributed by atoms with E-state index in [9.17, 15) is 22.0 Å². The monoisotopic (exact) mass is 457 g/mol. The molecule has 0 spiro atoms. The number of carbonyl (C=O) groups excluding carboxylic acids is 1. The highest BCUT2D eigenvalue weighted by Gasteiger charge is 2.23. The highest BCUT2D eigenvalue weighted by atomic mass is 35.5. The van der Waals surface area contributed by atoms with Gasteiger partial charge in [0.1, 0.15) is 0 Å². The molecule has 3 rings (SSSR count). The van der Waals surface area contributed by atoms with Crippen molar-refractivity contribution in [3.63, 3.8) is 0 Å². The number of sulfonamides is 1. The minimum atomic E-state index is -3.87. The summed E-state index contributed by atoms with van der Waals surface area (Å²) in [5, 5.41) is 4.66. The smallest absolute Gasteiger partial charge is 0.243 e. The summed E-state index contributed by atoms with van der Waals surface area (Å²) in [6, 6.07) is 8.93. The summed E-state index contributed by atoms with van der Waals surface area (Å²) < 4.78 is 52.3. The maximum Gasteiger partial charge on any atom is 0.243 e. The van der Waals surface area contributed by atoms with Crippen LogP contribution < -0.4 is 5.32 Å². The van der Waals surface area contributed by atoms with Gasteiger partial charge in [0.15, 0.2) is 16.8 Å². The van der Waals surface area contributed by atoms with E-state index in [1.807, 2.05) is 0 Å². The fourth-order valence-electron chi connectivity index (χ4n) is 2.35. The zero-order chi connectivity index (χ0) is 21.2. The number of nitrogens with one attached hydrogen (secondary N) is 1. The molecule has 0 saturated carbocycles. The van der Waals surface area contributed by atoms with Gasteiger partial charge in [-0.05, 0) is 42.5 Å². The number of rotatable bonds is 6. The molecular weight excluding hydrogens is 444 g/mol. The number of halogens is 3. The number of hydrogen-bond donors (Lipinski definition) is 1. The van der Waals surface area contributed by atoms with Gasteiger partial charge >= 0.3 is 0 Å². The molecule has 0 fully saturated rings. The van der Waals surface area contributed by atoms with Crippen molar-refractivity contribution in [2.45, 2.75) is 4.90 Å². The van der Waals surface area contributed by atoms with Crippen molar-refractivity contribution in [3.8, 4) is 11.3 Å². The van der Waals surface area contributed by atoms with Gasteiger partial charge < -0.3 is 5.32 Å². The van der Waals surface area contributed by atoms with E-state index in [0.29, 0.717) is 16.3 Å². The summed E-state index contributed by atoms with van der Waals surface area (Å²) in [7, 11) is -2.59. The first-order chi connectivity index (χ1) is 13.7. The van der Waals surface area contributed by atoms with Crippen LogP contribution in [0, 0.1) is 11.6 Å². The molecule has 0 aliphatic heterocycles. The number of nitrogens with zero attached hydrogens (tertiary/aromatic N) is 2. The van der Waals surface area contributed by atoms with E-state index in [0.717, 1.165) is 27.8 Å². The quantitative estimate of drug-likeness (QED) is 0.606. The Morgan fingerprint density at radius 3 is 2.52 bits per heavy atom. The van der Waals surface area contributed by atoms with E-state index < -0.39 is 34.1 Å². The van der Waals surface area contributed by atoms with Gasteiger partial charge in [0, 0.05) is 23.0 Å². The second-order valence-electron chi connectivity index (χ2n) is 5.93. The van der Waals surface area contributed by atoms with Crippen LogP contribution in [0.1, 0.15) is 0 Å². The predicted molar refractivity (Wildman–Crippen MR) is 107 cm³/mol. The third-order valence-electron chi connectivity index (χ3n) is 3.85. The van der Waals surface area contributed by atoms with Crippen LogP contribution >= 0.6 is 22.9 Å². The first-order valence-corrected chi connectivity index (χ1v) is 10.8. The normalized spacial score (nSPS) is 11.6. The zero-order valence-corrected chi connectivity index (χ0v) is 17.3. The van der Waals surface area contributed by atoms with Gasteiger partial charge in [-0.2, -0.15) is 4.31 Å². The molecule has 152 valence electrons. The maximum atomic E-state index is 13.4. The van der Waals surface area contributed by atoms with Gasteiger partial charge in [0.25, 0.3) is 0 Å². The minimum Gasteiger partial charge on any atom is -0.301 e. The summed E-state index contributed by atoms with van der Waals surface area (Å²) in [4.78, 5) is 16.4. The Morgan fingerprint density at radius 2 is 1.86 bits per heavy atom. The molecule has 11 heteroatoms. The number of aromatic nitrogens is 1. The summed E-state index contributed by atoms with van der Waals surface area (Å²) >= 11 is 6.83. The lowest BCUT2D eigenvalue weighted by molar-refractivity contribution is -0.116. The minimum absolute atomic E-state index is 0.00655. The SMILES string of the molecule is CN(CC(=O)Nc1nc(-c2ccc(F)c(F)c2)cs1)S(=O)(=O)c1ccc(Cl)cc1. The van der Waals surface area contributed by atoms with Crippen LogP contribution in [0.25, 0.3) is 11.3 Å². The first kappa shape index (κ1) is 21.3. The van der Waals surface area contributed by atoms with Crippen LogP contribution in [-0.4, -0.2) is 37.2 Å². The average Bonchev–Trinajstić information content (AvgIpc) is 3.12. The van der Waals surface area contributed by atoms with E-state index in [1.54, 1.807) is 5.38 Å². The number of likely N-dealkylation sites (N-methyl/N-ethyl adjacent to an activating group) is 1. The zero-order valence-electron chi connectivity index (χ0n) is 14.9. The summed E-state index contributed by atoms with van der Waals surface area (Å²) in [6.45, 7) is -0.439. The molecule has 1 heterocycles. The lowest BCUT2D eigenvalue weighted by Crippen LogP contribution is -2.34. The molecular formula is C18H14ClF2N3O3S2. The van der Waals surface area contributed by atoms with Gasteiger partial charge in [0.2, 0.25) is 15.9 Å². The third-order valence-corrected chi connectivity index (χ3v) is 6.68. The lowest BCUT2D eigenvalue weighted by Gasteiger charge is -2.16. The number of anilines is 1. The molecule has 0 radical (unpaired) electrons. The Hall–Kier alpha value is -2.40. The largest absolute Gasteiger partial charge is 0.301 e. The van der Waals surface area contributed by atoms with Crippen LogP contribution in [0.3, 0.4) is 0 Å². The Balaban J connectivity index is 1.67. The highest BCUT2D eigenvalue weighted by Crippen LogP contribution is 2.26. The van der Waals surface area contributed by atoms with E-state index in [2.05, 4.69) is 10.3 Å². The summed E-state index contributed by atoms with van der Waals surface area (Å²) in [6.07, 6.45) is 0.